The van der Waals surface area contributed by atoms with E-state index in [9.17, 15) is 4.39 Å². The predicted molar refractivity (Wildman–Crippen MR) is 70.7 cm³/mol. The largest absolute Gasteiger partial charge is 0.379 e. The summed E-state index contributed by atoms with van der Waals surface area (Å²) < 4.78 is 14.4. The van der Waals surface area contributed by atoms with E-state index in [1.54, 1.807) is 24.5 Å². The second kappa shape index (κ2) is 5.47. The third-order valence-electron chi connectivity index (χ3n) is 2.18. The van der Waals surface area contributed by atoms with Crippen LogP contribution in [0, 0.1) is 5.82 Å². The van der Waals surface area contributed by atoms with E-state index in [1.807, 2.05) is 6.07 Å². The molecule has 17 heavy (non-hydrogen) atoms. The van der Waals surface area contributed by atoms with Gasteiger partial charge in [-0.3, -0.25) is 4.98 Å². The van der Waals surface area contributed by atoms with Crippen LogP contribution in [0.4, 0.5) is 10.1 Å². The zero-order valence-electron chi connectivity index (χ0n) is 8.75. The Balaban J connectivity index is 2.07. The van der Waals surface area contributed by atoms with Gasteiger partial charge in [-0.05, 0) is 45.8 Å². The highest BCUT2D eigenvalue weighted by Gasteiger charge is 2.02. The molecule has 1 aromatic heterocycles. The number of halogens is 3. The average Bonchev–Trinajstić information content (AvgIpc) is 2.28. The van der Waals surface area contributed by atoms with Gasteiger partial charge < -0.3 is 5.32 Å². The molecule has 0 radical (unpaired) electrons. The average molecular weight is 316 g/mol. The first-order chi connectivity index (χ1) is 8.15. The first-order valence-electron chi connectivity index (χ1n) is 4.93. The van der Waals surface area contributed by atoms with Gasteiger partial charge in [0.1, 0.15) is 5.82 Å². The highest BCUT2D eigenvalue weighted by atomic mass is 79.9. The molecule has 2 nitrogen and oxygen atoms in total. The molecule has 0 unspecified atom stereocenters. The lowest BCUT2D eigenvalue weighted by atomic mass is 10.2. The van der Waals surface area contributed by atoms with Gasteiger partial charge in [0, 0.05) is 28.4 Å². The zero-order valence-corrected chi connectivity index (χ0v) is 11.1. The maximum atomic E-state index is 13.5. The van der Waals surface area contributed by atoms with Gasteiger partial charge in [-0.15, -0.1) is 0 Å². The van der Waals surface area contributed by atoms with Crippen LogP contribution in [-0.2, 0) is 6.54 Å². The molecule has 0 amide bonds. The molecule has 0 bridgehead atoms. The van der Waals surface area contributed by atoms with E-state index in [0.29, 0.717) is 17.3 Å². The van der Waals surface area contributed by atoms with Crippen molar-refractivity contribution in [3.8, 4) is 0 Å². The lowest BCUT2D eigenvalue weighted by molar-refractivity contribution is 0.630. The molecule has 0 fully saturated rings. The Morgan fingerprint density at radius 1 is 1.29 bits per heavy atom. The van der Waals surface area contributed by atoms with Crippen molar-refractivity contribution in [2.45, 2.75) is 6.54 Å². The van der Waals surface area contributed by atoms with Crippen LogP contribution < -0.4 is 5.32 Å². The number of hydrogen-bond donors (Lipinski definition) is 1. The van der Waals surface area contributed by atoms with Crippen LogP contribution in [0.25, 0.3) is 0 Å². The molecule has 2 aromatic rings. The smallest absolute Gasteiger partial charge is 0.147 e. The quantitative estimate of drug-likeness (QED) is 0.916. The van der Waals surface area contributed by atoms with Crippen LogP contribution in [0.5, 0.6) is 0 Å². The summed E-state index contributed by atoms with van der Waals surface area (Å²) in [4.78, 5) is 4.03. The number of nitrogens with zero attached hydrogens (tertiary/aromatic N) is 1. The van der Waals surface area contributed by atoms with Crippen molar-refractivity contribution in [2.75, 3.05) is 5.32 Å². The molecular weight excluding hydrogens is 307 g/mol. The summed E-state index contributed by atoms with van der Waals surface area (Å²) in [6.07, 6.45) is 3.43. The van der Waals surface area contributed by atoms with Gasteiger partial charge in [0.05, 0.1) is 5.69 Å². The summed E-state index contributed by atoms with van der Waals surface area (Å²) in [6.45, 7) is 0.505. The minimum Gasteiger partial charge on any atom is -0.379 e. The predicted octanol–water partition coefficient (Wildman–Crippen LogP) is 4.25. The molecule has 2 rings (SSSR count). The number of rotatable bonds is 3. The number of pyridine rings is 1. The van der Waals surface area contributed by atoms with Gasteiger partial charge in [-0.2, -0.15) is 0 Å². The fourth-order valence-corrected chi connectivity index (χ4v) is 1.95. The molecule has 0 spiro atoms. The van der Waals surface area contributed by atoms with E-state index in [2.05, 4.69) is 26.2 Å². The molecular formula is C12H9BrClFN2. The van der Waals surface area contributed by atoms with E-state index in [1.165, 1.54) is 6.07 Å². The van der Waals surface area contributed by atoms with Crippen LogP contribution in [0.15, 0.2) is 41.1 Å². The van der Waals surface area contributed by atoms with Gasteiger partial charge in [0.2, 0.25) is 0 Å². The molecule has 0 aliphatic carbocycles. The Bertz CT molecular complexity index is 534. The lowest BCUT2D eigenvalue weighted by Gasteiger charge is -2.07. The second-order valence-electron chi connectivity index (χ2n) is 3.49. The maximum absolute atomic E-state index is 13.5. The van der Waals surface area contributed by atoms with Crippen molar-refractivity contribution in [1.29, 1.82) is 0 Å². The summed E-state index contributed by atoms with van der Waals surface area (Å²) in [7, 11) is 0. The molecule has 0 aliphatic rings. The van der Waals surface area contributed by atoms with Gasteiger partial charge in [-0.25, -0.2) is 4.39 Å². The summed E-state index contributed by atoms with van der Waals surface area (Å²) in [6, 6.07) is 6.46. The Hall–Kier alpha value is -1.13. The molecule has 0 aliphatic heterocycles. The summed E-state index contributed by atoms with van der Waals surface area (Å²) in [5, 5.41) is 3.38. The van der Waals surface area contributed by atoms with Crippen LogP contribution in [0.3, 0.4) is 0 Å². The van der Waals surface area contributed by atoms with Gasteiger partial charge in [0.15, 0.2) is 0 Å². The van der Waals surface area contributed by atoms with Gasteiger partial charge >= 0.3 is 0 Å². The van der Waals surface area contributed by atoms with Crippen molar-refractivity contribution >= 4 is 33.2 Å². The van der Waals surface area contributed by atoms with E-state index < -0.39 is 0 Å². The standard InChI is InChI=1S/C12H9BrClFN2/c13-9-3-8(5-16-7-9)6-17-12-2-1-10(14)4-11(12)15/h1-5,7,17H,6H2. The number of nitrogens with one attached hydrogen (secondary N) is 1. The Morgan fingerprint density at radius 3 is 2.82 bits per heavy atom. The number of aromatic nitrogens is 1. The van der Waals surface area contributed by atoms with Crippen LogP contribution in [0.1, 0.15) is 5.56 Å². The van der Waals surface area contributed by atoms with E-state index in [4.69, 9.17) is 11.6 Å². The highest BCUT2D eigenvalue weighted by molar-refractivity contribution is 9.10. The molecule has 88 valence electrons. The van der Waals surface area contributed by atoms with Crippen molar-refractivity contribution in [3.63, 3.8) is 0 Å². The second-order valence-corrected chi connectivity index (χ2v) is 4.84. The topological polar surface area (TPSA) is 24.9 Å². The molecule has 0 saturated carbocycles. The Morgan fingerprint density at radius 2 is 2.12 bits per heavy atom. The van der Waals surface area contributed by atoms with Crippen LogP contribution >= 0.6 is 27.5 Å². The molecule has 5 heteroatoms. The fraction of sp³-hybridized carbons (Fsp3) is 0.0833. The summed E-state index contributed by atoms with van der Waals surface area (Å²) in [5.74, 6) is -0.361. The first-order valence-corrected chi connectivity index (χ1v) is 6.10. The minimum absolute atomic E-state index is 0.361. The van der Waals surface area contributed by atoms with Gasteiger partial charge in [0.25, 0.3) is 0 Å². The third-order valence-corrected chi connectivity index (χ3v) is 2.84. The maximum Gasteiger partial charge on any atom is 0.147 e. The monoisotopic (exact) mass is 314 g/mol. The lowest BCUT2D eigenvalue weighted by Crippen LogP contribution is -2.01. The van der Waals surface area contributed by atoms with E-state index in [-0.39, 0.29) is 5.82 Å². The normalized spacial score (nSPS) is 10.3. The van der Waals surface area contributed by atoms with E-state index in [0.717, 1.165) is 10.0 Å². The first kappa shape index (κ1) is 12.3. The molecule has 1 N–H and O–H groups in total. The molecule has 0 saturated heterocycles. The number of hydrogen-bond acceptors (Lipinski definition) is 2. The zero-order chi connectivity index (χ0) is 12.3. The molecule has 1 aromatic carbocycles. The number of anilines is 1. The minimum atomic E-state index is -0.361. The van der Waals surface area contributed by atoms with E-state index >= 15 is 0 Å². The Kier molecular flexibility index (Phi) is 3.97. The Labute approximate surface area is 112 Å². The van der Waals surface area contributed by atoms with Crippen LogP contribution in [-0.4, -0.2) is 4.98 Å². The fourth-order valence-electron chi connectivity index (χ4n) is 1.38. The third kappa shape index (κ3) is 3.41. The van der Waals surface area contributed by atoms with Crippen LogP contribution in [0.2, 0.25) is 5.02 Å². The SMILES string of the molecule is Fc1cc(Cl)ccc1NCc1cncc(Br)c1. The van der Waals surface area contributed by atoms with Crippen molar-refractivity contribution in [1.82, 2.24) is 4.98 Å². The van der Waals surface area contributed by atoms with Crippen molar-refractivity contribution in [2.24, 2.45) is 0 Å². The summed E-state index contributed by atoms with van der Waals surface area (Å²) in [5.41, 5.74) is 1.39. The highest BCUT2D eigenvalue weighted by Crippen LogP contribution is 2.19. The molecule has 1 heterocycles. The van der Waals surface area contributed by atoms with Gasteiger partial charge in [-0.1, -0.05) is 11.6 Å². The van der Waals surface area contributed by atoms with Crippen molar-refractivity contribution < 1.29 is 4.39 Å². The van der Waals surface area contributed by atoms with Crippen molar-refractivity contribution in [3.05, 3.63) is 57.5 Å². The number of benzene rings is 1. The summed E-state index contributed by atoms with van der Waals surface area (Å²) >= 11 is 9.00. The molecule has 0 atom stereocenters.